The summed E-state index contributed by atoms with van der Waals surface area (Å²) in [4.78, 5) is 12.5. The Morgan fingerprint density at radius 1 is 1.25 bits per heavy atom. The third-order valence-corrected chi connectivity index (χ3v) is 6.57. The summed E-state index contributed by atoms with van der Waals surface area (Å²) in [7, 11) is -1.48. The molecule has 2 aliphatic carbocycles. The Morgan fingerprint density at radius 3 is 2.42 bits per heavy atom. The van der Waals surface area contributed by atoms with E-state index in [2.05, 4.69) is 20.8 Å². The Labute approximate surface area is 143 Å². The highest BCUT2D eigenvalue weighted by Gasteiger charge is 2.62. The van der Waals surface area contributed by atoms with Crippen molar-refractivity contribution in [2.24, 2.45) is 16.7 Å². The molecule has 2 bridgehead atoms. The van der Waals surface area contributed by atoms with E-state index in [1.54, 1.807) is 30.3 Å². The van der Waals surface area contributed by atoms with Crippen molar-refractivity contribution < 1.29 is 19.6 Å². The lowest BCUT2D eigenvalue weighted by Gasteiger charge is -2.38. The molecule has 0 heterocycles. The molecule has 0 saturated heterocycles. The van der Waals surface area contributed by atoms with Gasteiger partial charge in [0, 0.05) is 5.41 Å². The molecule has 2 N–H and O–H groups in total. The lowest BCUT2D eigenvalue weighted by Crippen LogP contribution is -2.38. The summed E-state index contributed by atoms with van der Waals surface area (Å²) in [5.74, 6) is 1.63. The van der Waals surface area contributed by atoms with E-state index in [0.717, 1.165) is 18.4 Å². The molecule has 0 spiro atoms. The molecule has 0 amide bonds. The summed E-state index contributed by atoms with van der Waals surface area (Å²) in [6.07, 6.45) is 4.90. The molecule has 24 heavy (non-hydrogen) atoms. The average molecular weight is 328 g/mol. The fourth-order valence-electron chi connectivity index (χ4n) is 4.43. The summed E-state index contributed by atoms with van der Waals surface area (Å²) in [5.41, 5.74) is 1.61. The molecule has 3 rings (SSSR count). The van der Waals surface area contributed by atoms with E-state index in [1.807, 2.05) is 0 Å². The first-order valence-corrected chi connectivity index (χ1v) is 8.59. The minimum Gasteiger partial charge on any atom is -0.458 e. The molecule has 2 fully saturated rings. The van der Waals surface area contributed by atoms with Crippen molar-refractivity contribution in [3.8, 4) is 0 Å². The van der Waals surface area contributed by atoms with Gasteiger partial charge in [-0.15, -0.1) is 0 Å². The third kappa shape index (κ3) is 2.80. The molecule has 2 saturated carbocycles. The van der Waals surface area contributed by atoms with Crippen molar-refractivity contribution in [3.63, 3.8) is 0 Å². The van der Waals surface area contributed by atoms with E-state index in [0.29, 0.717) is 11.5 Å². The van der Waals surface area contributed by atoms with Crippen LogP contribution in [0, 0.1) is 16.7 Å². The maximum absolute atomic E-state index is 12.5. The van der Waals surface area contributed by atoms with Gasteiger partial charge in [-0.3, -0.25) is 0 Å². The number of hydrogen-bond acceptors (Lipinski definition) is 4. The fourth-order valence-corrected chi connectivity index (χ4v) is 4.43. The largest absolute Gasteiger partial charge is 0.480 e. The molecule has 1 aromatic carbocycles. The lowest BCUT2D eigenvalue weighted by atomic mass is 9.70. The van der Waals surface area contributed by atoms with Gasteiger partial charge in [0.25, 0.3) is 0 Å². The van der Waals surface area contributed by atoms with Crippen LogP contribution in [0.1, 0.15) is 56.0 Å². The van der Waals surface area contributed by atoms with Gasteiger partial charge in [0.15, 0.2) is 0 Å². The third-order valence-electron chi connectivity index (χ3n) is 6.57. The molecule has 1 aromatic rings. The number of fused-ring (bicyclic) bond motifs is 2. The van der Waals surface area contributed by atoms with Gasteiger partial charge < -0.3 is 14.8 Å². The highest BCUT2D eigenvalue weighted by atomic mass is 16.5. The van der Waals surface area contributed by atoms with Gasteiger partial charge in [0.1, 0.15) is 6.10 Å². The van der Waals surface area contributed by atoms with Gasteiger partial charge in [-0.25, -0.2) is 4.79 Å². The summed E-state index contributed by atoms with van der Waals surface area (Å²) < 4.78 is 5.87. The number of ether oxygens (including phenoxy) is 1. The molecule has 0 aliphatic heterocycles. The standard InChI is InChI=1S/C19H25BO4/c1-18(2)15-8-10-19(18,3)16(12-15)24-17(21)14-6-4-13(5-7-14)9-11-20(22)23/h4-7,9,11,15-16,22-23H,8,10,12H2,1-3H3/b11-9+. The predicted octanol–water partition coefficient (Wildman–Crippen LogP) is 3.08. The van der Waals surface area contributed by atoms with Gasteiger partial charge in [0.05, 0.1) is 5.56 Å². The van der Waals surface area contributed by atoms with E-state index in [-0.39, 0.29) is 22.9 Å². The second-order valence-electron chi connectivity index (χ2n) is 7.90. The van der Waals surface area contributed by atoms with Crippen molar-refractivity contribution in [1.82, 2.24) is 0 Å². The van der Waals surface area contributed by atoms with Crippen LogP contribution in [0.3, 0.4) is 0 Å². The number of carbonyl (C=O) groups excluding carboxylic acids is 1. The van der Waals surface area contributed by atoms with Crippen molar-refractivity contribution >= 4 is 19.2 Å². The van der Waals surface area contributed by atoms with Crippen LogP contribution in [0.5, 0.6) is 0 Å². The number of carbonyl (C=O) groups is 1. The number of esters is 1. The van der Waals surface area contributed by atoms with Gasteiger partial charge >= 0.3 is 13.1 Å². The van der Waals surface area contributed by atoms with Gasteiger partial charge in [-0.05, 0) is 48.3 Å². The first kappa shape index (κ1) is 17.2. The quantitative estimate of drug-likeness (QED) is 0.658. The lowest BCUT2D eigenvalue weighted by molar-refractivity contribution is -0.0242. The summed E-state index contributed by atoms with van der Waals surface area (Å²) >= 11 is 0. The van der Waals surface area contributed by atoms with E-state index in [9.17, 15) is 4.79 Å². The zero-order valence-electron chi connectivity index (χ0n) is 14.5. The molecule has 3 unspecified atom stereocenters. The number of rotatable bonds is 4. The zero-order valence-corrected chi connectivity index (χ0v) is 14.5. The molecule has 128 valence electrons. The maximum Gasteiger partial charge on any atom is 0.480 e. The molecule has 0 radical (unpaired) electrons. The summed E-state index contributed by atoms with van der Waals surface area (Å²) in [5, 5.41) is 17.7. The predicted molar refractivity (Wildman–Crippen MR) is 94.1 cm³/mol. The molecular formula is C19H25BO4. The van der Waals surface area contributed by atoms with Crippen LogP contribution < -0.4 is 0 Å². The summed E-state index contributed by atoms with van der Waals surface area (Å²) in [6.45, 7) is 6.86. The highest BCUT2D eigenvalue weighted by Crippen LogP contribution is 2.66. The van der Waals surface area contributed by atoms with Crippen LogP contribution in [0.2, 0.25) is 0 Å². The fraction of sp³-hybridized carbons (Fsp3) is 0.526. The molecule has 3 atom stereocenters. The normalized spacial score (nSPS) is 30.7. The molecular weight excluding hydrogens is 303 g/mol. The van der Waals surface area contributed by atoms with E-state index < -0.39 is 7.12 Å². The Hall–Kier alpha value is -1.59. The first-order valence-electron chi connectivity index (χ1n) is 8.59. The van der Waals surface area contributed by atoms with E-state index in [4.69, 9.17) is 14.8 Å². The van der Waals surface area contributed by atoms with Crippen LogP contribution in [0.25, 0.3) is 6.08 Å². The van der Waals surface area contributed by atoms with Gasteiger partial charge in [-0.1, -0.05) is 45.0 Å². The van der Waals surface area contributed by atoms with Crippen molar-refractivity contribution in [2.75, 3.05) is 0 Å². The van der Waals surface area contributed by atoms with Crippen LogP contribution in [0.4, 0.5) is 0 Å². The average Bonchev–Trinajstić information content (AvgIpc) is 2.86. The highest BCUT2D eigenvalue weighted by molar-refractivity contribution is 6.48. The topological polar surface area (TPSA) is 66.8 Å². The minimum atomic E-state index is -1.48. The molecule has 2 aliphatic rings. The second kappa shape index (κ2) is 6.05. The molecule has 4 nitrogen and oxygen atoms in total. The Morgan fingerprint density at radius 2 is 1.92 bits per heavy atom. The van der Waals surface area contributed by atoms with Crippen molar-refractivity contribution in [2.45, 2.75) is 46.1 Å². The second-order valence-corrected chi connectivity index (χ2v) is 7.90. The number of benzene rings is 1. The van der Waals surface area contributed by atoms with E-state index >= 15 is 0 Å². The van der Waals surface area contributed by atoms with Gasteiger partial charge in [0.2, 0.25) is 0 Å². The number of hydrogen-bond donors (Lipinski definition) is 2. The monoisotopic (exact) mass is 328 g/mol. The molecule has 0 aromatic heterocycles. The zero-order chi connectivity index (χ0) is 17.5. The van der Waals surface area contributed by atoms with Crippen molar-refractivity contribution in [1.29, 1.82) is 0 Å². The van der Waals surface area contributed by atoms with Crippen LogP contribution in [-0.4, -0.2) is 29.2 Å². The van der Waals surface area contributed by atoms with Gasteiger partial charge in [-0.2, -0.15) is 0 Å². The Balaban J connectivity index is 1.68. The van der Waals surface area contributed by atoms with Crippen LogP contribution in [0.15, 0.2) is 30.2 Å². The smallest absolute Gasteiger partial charge is 0.458 e. The molecule has 5 heteroatoms. The Bertz CT molecular complexity index is 650. The summed E-state index contributed by atoms with van der Waals surface area (Å²) in [6, 6.07) is 6.96. The Kier molecular flexibility index (Phi) is 4.35. The van der Waals surface area contributed by atoms with E-state index in [1.165, 1.54) is 12.4 Å². The first-order chi connectivity index (χ1) is 11.2. The minimum absolute atomic E-state index is 0.0112. The van der Waals surface area contributed by atoms with Crippen LogP contribution in [-0.2, 0) is 4.74 Å². The maximum atomic E-state index is 12.5. The SMILES string of the molecule is CC1(C)C2CCC1(C)C(OC(=O)c1ccc(/C=C/B(O)O)cc1)C2. The van der Waals surface area contributed by atoms with Crippen molar-refractivity contribution in [3.05, 3.63) is 41.4 Å². The van der Waals surface area contributed by atoms with Crippen LogP contribution >= 0.6 is 0 Å².